The Morgan fingerprint density at radius 1 is 1.21 bits per heavy atom. The number of nitrogen functional groups attached to an aromatic ring is 1. The summed E-state index contributed by atoms with van der Waals surface area (Å²) in [7, 11) is 0. The Balaban J connectivity index is 1.34. The first kappa shape index (κ1) is 22.1. The van der Waals surface area contributed by atoms with Crippen LogP contribution in [0.5, 0.6) is 0 Å². The quantitative estimate of drug-likeness (QED) is 0.376. The fourth-order valence-corrected chi connectivity index (χ4v) is 4.80. The number of hydrogen-bond donors (Lipinski definition) is 3. The zero-order valence-electron chi connectivity index (χ0n) is 18.3. The first-order chi connectivity index (χ1) is 16.5. The lowest BCUT2D eigenvalue weighted by atomic mass is 10.1. The van der Waals surface area contributed by atoms with Gasteiger partial charge in [-0.05, 0) is 55.3 Å². The van der Waals surface area contributed by atoms with Gasteiger partial charge in [-0.25, -0.2) is 14.1 Å². The van der Waals surface area contributed by atoms with Crippen LogP contribution in [0.25, 0.3) is 16.3 Å². The molecule has 3 heterocycles. The summed E-state index contributed by atoms with van der Waals surface area (Å²) < 4.78 is 14.8. The first-order valence-electron chi connectivity index (χ1n) is 10.9. The van der Waals surface area contributed by atoms with Gasteiger partial charge in [0.1, 0.15) is 16.5 Å². The van der Waals surface area contributed by atoms with Crippen LogP contribution in [0.15, 0.2) is 60.2 Å². The van der Waals surface area contributed by atoms with E-state index in [4.69, 9.17) is 11.5 Å². The van der Waals surface area contributed by atoms with E-state index in [-0.39, 0.29) is 17.8 Å². The van der Waals surface area contributed by atoms with Gasteiger partial charge in [-0.2, -0.15) is 5.10 Å². The Morgan fingerprint density at radius 3 is 2.82 bits per heavy atom. The average Bonchev–Trinajstić information content (AvgIpc) is 3.50. The van der Waals surface area contributed by atoms with Crippen LogP contribution in [-0.4, -0.2) is 39.8 Å². The van der Waals surface area contributed by atoms with Crippen LogP contribution in [0.2, 0.25) is 0 Å². The molecule has 34 heavy (non-hydrogen) atoms. The van der Waals surface area contributed by atoms with Crippen molar-refractivity contribution in [2.24, 2.45) is 5.73 Å². The van der Waals surface area contributed by atoms with Gasteiger partial charge >= 0.3 is 0 Å². The lowest BCUT2D eigenvalue weighted by Gasteiger charge is -2.34. The number of aromatic nitrogens is 3. The van der Waals surface area contributed by atoms with E-state index in [0.29, 0.717) is 22.1 Å². The minimum Gasteiger partial charge on any atom is -0.399 e. The molecule has 1 saturated heterocycles. The molecule has 174 valence electrons. The molecule has 1 amide bonds. The number of carbonyl (C=O) groups is 1. The Hall–Kier alpha value is -3.76. The second-order valence-corrected chi connectivity index (χ2v) is 9.13. The van der Waals surface area contributed by atoms with E-state index in [9.17, 15) is 9.18 Å². The molecule has 1 fully saturated rings. The lowest BCUT2D eigenvalue weighted by molar-refractivity contribution is 0.102. The van der Waals surface area contributed by atoms with E-state index < -0.39 is 0 Å². The monoisotopic (exact) mass is 477 g/mol. The second kappa shape index (κ2) is 9.24. The van der Waals surface area contributed by atoms with E-state index in [0.717, 1.165) is 42.9 Å². The molecule has 2 aromatic heterocycles. The molecular formula is C24H24FN7OS. The van der Waals surface area contributed by atoms with E-state index in [2.05, 4.69) is 20.3 Å². The number of anilines is 3. The highest BCUT2D eigenvalue weighted by Crippen LogP contribution is 2.31. The predicted molar refractivity (Wildman–Crippen MR) is 133 cm³/mol. The third-order valence-electron chi connectivity index (χ3n) is 5.72. The summed E-state index contributed by atoms with van der Waals surface area (Å²) in [5.41, 5.74) is 16.0. The van der Waals surface area contributed by atoms with Crippen molar-refractivity contribution in [3.8, 4) is 16.3 Å². The molecule has 1 aliphatic rings. The van der Waals surface area contributed by atoms with E-state index in [1.54, 1.807) is 40.7 Å². The van der Waals surface area contributed by atoms with Gasteiger partial charge in [0.05, 0.1) is 23.3 Å². The molecule has 8 nitrogen and oxygen atoms in total. The summed E-state index contributed by atoms with van der Waals surface area (Å²) in [5.74, 6) is -0.625. The van der Waals surface area contributed by atoms with Crippen molar-refractivity contribution in [1.82, 2.24) is 14.8 Å². The van der Waals surface area contributed by atoms with Crippen molar-refractivity contribution in [2.75, 3.05) is 29.0 Å². The van der Waals surface area contributed by atoms with Crippen molar-refractivity contribution in [3.63, 3.8) is 0 Å². The maximum absolute atomic E-state index is 13.2. The highest BCUT2D eigenvalue weighted by Gasteiger charge is 2.21. The Kier molecular flexibility index (Phi) is 5.99. The molecule has 2 aromatic carbocycles. The zero-order valence-corrected chi connectivity index (χ0v) is 19.1. The fraction of sp³-hybridized carbons (Fsp3) is 0.208. The molecule has 10 heteroatoms. The highest BCUT2D eigenvalue weighted by atomic mass is 32.1. The van der Waals surface area contributed by atoms with Gasteiger partial charge in [0.15, 0.2) is 0 Å². The Bertz CT molecular complexity index is 1320. The summed E-state index contributed by atoms with van der Waals surface area (Å²) in [6, 6.07) is 11.6. The molecule has 1 atom stereocenters. The van der Waals surface area contributed by atoms with Crippen LogP contribution in [-0.2, 0) is 0 Å². The summed E-state index contributed by atoms with van der Waals surface area (Å²) >= 11 is 1.35. The number of amides is 1. The number of nitrogens with two attached hydrogens (primary N) is 2. The third kappa shape index (κ3) is 4.63. The number of piperidine rings is 1. The number of benzene rings is 2. The molecular weight excluding hydrogens is 453 g/mol. The van der Waals surface area contributed by atoms with Gasteiger partial charge in [-0.3, -0.25) is 4.79 Å². The van der Waals surface area contributed by atoms with Crippen molar-refractivity contribution in [3.05, 3.63) is 71.7 Å². The molecule has 0 radical (unpaired) electrons. The van der Waals surface area contributed by atoms with Crippen LogP contribution in [0.1, 0.15) is 23.3 Å². The molecule has 1 aliphatic heterocycles. The van der Waals surface area contributed by atoms with E-state index in [1.165, 1.54) is 23.5 Å². The Morgan fingerprint density at radius 2 is 2.03 bits per heavy atom. The number of rotatable bonds is 5. The second-order valence-electron chi connectivity index (χ2n) is 8.27. The molecule has 0 saturated carbocycles. The minimum absolute atomic E-state index is 0.103. The van der Waals surface area contributed by atoms with Gasteiger partial charge in [0.2, 0.25) is 0 Å². The van der Waals surface area contributed by atoms with Crippen LogP contribution in [0.3, 0.4) is 0 Å². The van der Waals surface area contributed by atoms with Crippen LogP contribution in [0, 0.1) is 5.82 Å². The number of hydrogen-bond acceptors (Lipinski definition) is 7. The van der Waals surface area contributed by atoms with Crippen molar-refractivity contribution >= 4 is 34.3 Å². The maximum Gasteiger partial charge on any atom is 0.275 e. The maximum atomic E-state index is 13.2. The summed E-state index contributed by atoms with van der Waals surface area (Å²) in [6.07, 6.45) is 5.45. The van der Waals surface area contributed by atoms with Crippen LogP contribution >= 0.6 is 11.3 Å². The van der Waals surface area contributed by atoms with E-state index >= 15 is 0 Å². The molecule has 5 rings (SSSR count). The average molecular weight is 478 g/mol. The van der Waals surface area contributed by atoms with E-state index in [1.807, 2.05) is 12.1 Å². The molecule has 0 spiro atoms. The van der Waals surface area contributed by atoms with Gasteiger partial charge in [-0.15, -0.1) is 11.3 Å². The number of halogens is 1. The molecule has 4 aromatic rings. The molecule has 0 bridgehead atoms. The first-order valence-corrected chi connectivity index (χ1v) is 11.8. The number of nitrogens with zero attached hydrogens (tertiary/aromatic N) is 4. The smallest absolute Gasteiger partial charge is 0.275 e. The third-order valence-corrected chi connectivity index (χ3v) is 6.62. The van der Waals surface area contributed by atoms with Gasteiger partial charge < -0.3 is 21.7 Å². The Labute approximate surface area is 200 Å². The summed E-state index contributed by atoms with van der Waals surface area (Å²) in [5, 5.41) is 9.66. The molecule has 0 aliphatic carbocycles. The molecule has 1 unspecified atom stereocenters. The van der Waals surface area contributed by atoms with Crippen molar-refractivity contribution in [2.45, 2.75) is 18.9 Å². The van der Waals surface area contributed by atoms with Crippen LogP contribution in [0.4, 0.5) is 21.5 Å². The minimum atomic E-state index is -0.318. The lowest BCUT2D eigenvalue weighted by Crippen LogP contribution is -2.43. The predicted octanol–water partition coefficient (Wildman–Crippen LogP) is 3.90. The van der Waals surface area contributed by atoms with Gasteiger partial charge in [-0.1, -0.05) is 0 Å². The van der Waals surface area contributed by atoms with Crippen molar-refractivity contribution < 1.29 is 9.18 Å². The van der Waals surface area contributed by atoms with Gasteiger partial charge in [0, 0.05) is 42.0 Å². The number of carbonyl (C=O) groups excluding carboxylic acids is 1. The topological polar surface area (TPSA) is 115 Å². The fourth-order valence-electron chi connectivity index (χ4n) is 4.02. The number of thiazole rings is 1. The van der Waals surface area contributed by atoms with Crippen LogP contribution < -0.4 is 21.7 Å². The SMILES string of the molecule is Nc1ccc(N2CCCC(N)C2)c(NC(=O)c2csc(-c3cnn(-c4ccc(F)cc4)c3)n2)c1. The normalized spacial score (nSPS) is 15.9. The van der Waals surface area contributed by atoms with Gasteiger partial charge in [0.25, 0.3) is 5.91 Å². The highest BCUT2D eigenvalue weighted by molar-refractivity contribution is 7.13. The standard InChI is InChI=1S/C24H24FN7OS/c25-16-3-6-19(7-4-16)32-12-15(11-28-32)24-30-21(14-34-24)23(33)29-20-10-17(26)5-8-22(20)31-9-1-2-18(27)13-31/h3-8,10-12,14,18H,1-2,9,13,26-27H2,(H,29,33). The number of nitrogens with one attached hydrogen (secondary N) is 1. The molecule has 5 N–H and O–H groups in total. The van der Waals surface area contributed by atoms with Crippen molar-refractivity contribution in [1.29, 1.82) is 0 Å². The summed E-state index contributed by atoms with van der Waals surface area (Å²) in [6.45, 7) is 1.60. The zero-order chi connectivity index (χ0) is 23.7. The largest absolute Gasteiger partial charge is 0.399 e. The summed E-state index contributed by atoms with van der Waals surface area (Å²) in [4.78, 5) is 19.7.